The molecule has 0 aliphatic heterocycles. The van der Waals surface area contributed by atoms with Gasteiger partial charge in [-0.15, -0.1) is 0 Å². The lowest BCUT2D eigenvalue weighted by molar-refractivity contribution is 0.166. The van der Waals surface area contributed by atoms with Crippen LogP contribution in [0.4, 0.5) is 0 Å². The first-order chi connectivity index (χ1) is 7.84. The number of aliphatic hydroxyl groups is 1. The highest BCUT2D eigenvalue weighted by Gasteiger charge is 2.26. The highest BCUT2D eigenvalue weighted by Crippen LogP contribution is 2.28. The molecule has 0 spiro atoms. The van der Waals surface area contributed by atoms with Crippen LogP contribution in [0, 0.1) is 5.92 Å². The average Bonchev–Trinajstić information content (AvgIpc) is 2.26. The standard InChI is InChI=1S/C14H31NOS/c1-7-8-15-14(6,10-16)9-12(4)17-13(5)11(2)3/h11-13,15-16H,7-10H2,1-6H3. The molecule has 0 aliphatic carbocycles. The van der Waals surface area contributed by atoms with Gasteiger partial charge in [-0.2, -0.15) is 11.8 Å². The monoisotopic (exact) mass is 261 g/mol. The minimum absolute atomic E-state index is 0.126. The van der Waals surface area contributed by atoms with Crippen molar-refractivity contribution < 1.29 is 5.11 Å². The molecular formula is C14H31NOS. The molecule has 2 N–H and O–H groups in total. The van der Waals surface area contributed by atoms with Crippen molar-refractivity contribution in [2.75, 3.05) is 13.2 Å². The van der Waals surface area contributed by atoms with Crippen molar-refractivity contribution in [1.29, 1.82) is 0 Å². The van der Waals surface area contributed by atoms with Gasteiger partial charge in [0.2, 0.25) is 0 Å². The largest absolute Gasteiger partial charge is 0.394 e. The van der Waals surface area contributed by atoms with E-state index in [4.69, 9.17) is 0 Å². The second-order valence-electron chi connectivity index (χ2n) is 5.75. The van der Waals surface area contributed by atoms with E-state index in [1.54, 1.807) is 0 Å². The van der Waals surface area contributed by atoms with Crippen LogP contribution in [0.2, 0.25) is 0 Å². The third-order valence-corrected chi connectivity index (χ3v) is 4.88. The second-order valence-corrected chi connectivity index (χ2v) is 7.57. The molecule has 0 aromatic carbocycles. The van der Waals surface area contributed by atoms with Crippen molar-refractivity contribution in [3.8, 4) is 0 Å². The van der Waals surface area contributed by atoms with Crippen LogP contribution in [0.25, 0.3) is 0 Å². The summed E-state index contributed by atoms with van der Waals surface area (Å²) in [5, 5.41) is 14.3. The van der Waals surface area contributed by atoms with E-state index < -0.39 is 0 Å². The molecule has 0 aliphatic rings. The molecule has 104 valence electrons. The molecule has 0 rings (SSSR count). The van der Waals surface area contributed by atoms with E-state index in [2.05, 4.69) is 46.9 Å². The van der Waals surface area contributed by atoms with E-state index in [0.717, 1.165) is 19.4 Å². The van der Waals surface area contributed by atoms with Gasteiger partial charge in [0, 0.05) is 16.0 Å². The lowest BCUT2D eigenvalue weighted by atomic mass is 9.97. The Morgan fingerprint density at radius 3 is 2.24 bits per heavy atom. The Hall–Kier alpha value is 0.270. The van der Waals surface area contributed by atoms with Crippen LogP contribution in [0.3, 0.4) is 0 Å². The van der Waals surface area contributed by atoms with Gasteiger partial charge in [0.05, 0.1) is 6.61 Å². The third kappa shape index (κ3) is 7.32. The van der Waals surface area contributed by atoms with E-state index in [9.17, 15) is 5.11 Å². The van der Waals surface area contributed by atoms with Gasteiger partial charge < -0.3 is 10.4 Å². The first kappa shape index (κ1) is 17.3. The summed E-state index contributed by atoms with van der Waals surface area (Å²) < 4.78 is 0. The van der Waals surface area contributed by atoms with Crippen molar-refractivity contribution in [1.82, 2.24) is 5.32 Å². The maximum Gasteiger partial charge on any atom is 0.0611 e. The highest BCUT2D eigenvalue weighted by atomic mass is 32.2. The maximum absolute atomic E-state index is 9.53. The molecule has 0 fully saturated rings. The molecule has 3 heteroatoms. The van der Waals surface area contributed by atoms with Crippen molar-refractivity contribution in [3.63, 3.8) is 0 Å². The zero-order valence-corrected chi connectivity index (χ0v) is 13.2. The molecule has 3 unspecified atom stereocenters. The summed E-state index contributed by atoms with van der Waals surface area (Å²) in [5.41, 5.74) is -0.126. The number of rotatable bonds is 9. The predicted molar refractivity (Wildman–Crippen MR) is 79.8 cm³/mol. The van der Waals surface area contributed by atoms with Crippen molar-refractivity contribution in [3.05, 3.63) is 0 Å². The summed E-state index contributed by atoms with van der Waals surface area (Å²) in [7, 11) is 0. The first-order valence-corrected chi connectivity index (χ1v) is 7.80. The summed E-state index contributed by atoms with van der Waals surface area (Å²) >= 11 is 2.03. The smallest absolute Gasteiger partial charge is 0.0611 e. The van der Waals surface area contributed by atoms with E-state index in [1.807, 2.05) is 11.8 Å². The molecular weight excluding hydrogens is 230 g/mol. The molecule has 0 aromatic rings. The predicted octanol–water partition coefficient (Wildman–Crippen LogP) is 3.29. The molecule has 2 nitrogen and oxygen atoms in total. The minimum atomic E-state index is -0.126. The molecule has 0 heterocycles. The van der Waals surface area contributed by atoms with Gasteiger partial charge in [-0.25, -0.2) is 0 Å². The maximum atomic E-state index is 9.53. The van der Waals surface area contributed by atoms with Crippen LogP contribution >= 0.6 is 11.8 Å². The van der Waals surface area contributed by atoms with Gasteiger partial charge in [-0.1, -0.05) is 34.6 Å². The fourth-order valence-electron chi connectivity index (χ4n) is 1.83. The van der Waals surface area contributed by atoms with Gasteiger partial charge in [0.15, 0.2) is 0 Å². The average molecular weight is 261 g/mol. The number of hydrogen-bond donors (Lipinski definition) is 2. The molecule has 0 saturated carbocycles. The molecule has 0 amide bonds. The van der Waals surface area contributed by atoms with Crippen LogP contribution < -0.4 is 5.32 Å². The van der Waals surface area contributed by atoms with Crippen LogP contribution in [-0.4, -0.2) is 34.3 Å². The quantitative estimate of drug-likeness (QED) is 0.668. The Bertz CT molecular complexity index is 199. The summed E-state index contributed by atoms with van der Waals surface area (Å²) in [6.45, 7) is 14.6. The topological polar surface area (TPSA) is 32.3 Å². The number of thioether (sulfide) groups is 1. The second kappa shape index (κ2) is 8.39. The summed E-state index contributed by atoms with van der Waals surface area (Å²) in [6.07, 6.45) is 2.13. The van der Waals surface area contributed by atoms with Gasteiger partial charge in [-0.05, 0) is 32.2 Å². The fourth-order valence-corrected chi connectivity index (χ4v) is 3.34. The zero-order chi connectivity index (χ0) is 13.5. The van der Waals surface area contributed by atoms with E-state index in [1.165, 1.54) is 0 Å². The number of nitrogens with one attached hydrogen (secondary N) is 1. The van der Waals surface area contributed by atoms with E-state index in [0.29, 0.717) is 16.4 Å². The molecule has 0 radical (unpaired) electrons. The fraction of sp³-hybridized carbons (Fsp3) is 1.00. The van der Waals surface area contributed by atoms with Crippen molar-refractivity contribution in [2.45, 2.75) is 70.4 Å². The Morgan fingerprint density at radius 2 is 1.82 bits per heavy atom. The Labute approximate surface area is 112 Å². The molecule has 0 bridgehead atoms. The number of hydrogen-bond acceptors (Lipinski definition) is 3. The zero-order valence-electron chi connectivity index (χ0n) is 12.4. The lowest BCUT2D eigenvalue weighted by Crippen LogP contribution is -2.47. The summed E-state index contributed by atoms with van der Waals surface area (Å²) in [5.74, 6) is 0.714. The van der Waals surface area contributed by atoms with Crippen LogP contribution in [0.15, 0.2) is 0 Å². The molecule has 0 saturated heterocycles. The Morgan fingerprint density at radius 1 is 1.24 bits per heavy atom. The van der Waals surface area contributed by atoms with Gasteiger partial charge >= 0.3 is 0 Å². The minimum Gasteiger partial charge on any atom is -0.394 e. The summed E-state index contributed by atoms with van der Waals surface area (Å²) in [6, 6.07) is 0. The van der Waals surface area contributed by atoms with Crippen molar-refractivity contribution in [2.24, 2.45) is 5.92 Å². The van der Waals surface area contributed by atoms with Gasteiger partial charge in [0.25, 0.3) is 0 Å². The van der Waals surface area contributed by atoms with Crippen LogP contribution in [0.5, 0.6) is 0 Å². The lowest BCUT2D eigenvalue weighted by Gasteiger charge is -2.32. The van der Waals surface area contributed by atoms with Crippen molar-refractivity contribution >= 4 is 11.8 Å². The highest BCUT2D eigenvalue weighted by molar-refractivity contribution is 8.00. The van der Waals surface area contributed by atoms with Gasteiger partial charge in [0.1, 0.15) is 0 Å². The normalized spacial score (nSPS) is 19.1. The van der Waals surface area contributed by atoms with Crippen LogP contribution in [-0.2, 0) is 0 Å². The summed E-state index contributed by atoms with van der Waals surface area (Å²) in [4.78, 5) is 0. The van der Waals surface area contributed by atoms with Gasteiger partial charge in [-0.3, -0.25) is 0 Å². The van der Waals surface area contributed by atoms with E-state index in [-0.39, 0.29) is 12.1 Å². The Balaban J connectivity index is 4.17. The first-order valence-electron chi connectivity index (χ1n) is 6.86. The number of aliphatic hydroxyl groups excluding tert-OH is 1. The van der Waals surface area contributed by atoms with E-state index >= 15 is 0 Å². The molecule has 0 aromatic heterocycles. The molecule has 3 atom stereocenters. The Kier molecular flexibility index (Phi) is 8.52. The molecule has 17 heavy (non-hydrogen) atoms. The SMILES string of the molecule is CCCNC(C)(CO)CC(C)SC(C)C(C)C. The third-order valence-electron chi connectivity index (χ3n) is 3.27. The van der Waals surface area contributed by atoms with Crippen LogP contribution in [0.1, 0.15) is 54.4 Å².